The minimum atomic E-state index is 0.0358. The maximum atomic E-state index is 5.83. The van der Waals surface area contributed by atoms with Crippen LogP contribution in [-0.2, 0) is 0 Å². The highest BCUT2D eigenvalue weighted by Crippen LogP contribution is 2.26. The summed E-state index contributed by atoms with van der Waals surface area (Å²) >= 11 is 6.93. The van der Waals surface area contributed by atoms with Gasteiger partial charge in [0, 0.05) is 33.6 Å². The molecule has 94 valence electrons. The van der Waals surface area contributed by atoms with Crippen molar-refractivity contribution in [1.82, 2.24) is 4.98 Å². The third-order valence-electron chi connectivity index (χ3n) is 2.57. The Bertz CT molecular complexity index is 531. The molecule has 0 amide bonds. The number of pyridine rings is 1. The summed E-state index contributed by atoms with van der Waals surface area (Å²) < 4.78 is 1.97. The zero-order valence-electron chi connectivity index (χ0n) is 9.61. The Kier molecular flexibility index (Phi) is 4.74. The molecule has 0 bridgehead atoms. The number of halogens is 2. The lowest BCUT2D eigenvalue weighted by atomic mass is 10.1. The van der Waals surface area contributed by atoms with Crippen molar-refractivity contribution in [1.29, 1.82) is 0 Å². The molecule has 0 aliphatic heterocycles. The van der Waals surface area contributed by atoms with Crippen LogP contribution in [0.15, 0.2) is 51.7 Å². The van der Waals surface area contributed by atoms with Gasteiger partial charge in [0.1, 0.15) is 0 Å². The molecule has 1 atom stereocenters. The molecule has 0 spiro atoms. The van der Waals surface area contributed by atoms with Gasteiger partial charge in [0.15, 0.2) is 0 Å². The monoisotopic (exact) mass is 369 g/mol. The molecule has 2 aromatic rings. The summed E-state index contributed by atoms with van der Waals surface area (Å²) in [5.41, 5.74) is 7.91. The highest BCUT2D eigenvalue weighted by atomic mass is 79.9. The molecule has 0 fully saturated rings. The first-order valence-corrected chi connectivity index (χ1v) is 7.11. The van der Waals surface area contributed by atoms with E-state index in [4.69, 9.17) is 5.73 Å². The number of para-hydroxylation sites is 1. The van der Waals surface area contributed by atoms with Gasteiger partial charge in [-0.05, 0) is 55.6 Å². The average Bonchev–Trinajstić information content (AvgIpc) is 2.38. The predicted octanol–water partition coefficient (Wildman–Crippen LogP) is 3.72. The summed E-state index contributed by atoms with van der Waals surface area (Å²) in [5, 5.41) is 3.41. The molecule has 0 saturated carbocycles. The van der Waals surface area contributed by atoms with Crippen molar-refractivity contribution in [2.24, 2.45) is 5.73 Å². The Morgan fingerprint density at radius 1 is 1.22 bits per heavy atom. The lowest BCUT2D eigenvalue weighted by Gasteiger charge is -2.19. The molecule has 1 aromatic carbocycles. The molecule has 0 radical (unpaired) electrons. The van der Waals surface area contributed by atoms with Gasteiger partial charge in [-0.2, -0.15) is 0 Å². The third kappa shape index (κ3) is 3.31. The summed E-state index contributed by atoms with van der Waals surface area (Å²) in [6.07, 6.45) is 3.58. The Morgan fingerprint density at radius 2 is 2.00 bits per heavy atom. The second-order valence-electron chi connectivity index (χ2n) is 3.85. The normalized spacial score (nSPS) is 12.2. The largest absolute Gasteiger partial charge is 0.376 e. The lowest BCUT2D eigenvalue weighted by Crippen LogP contribution is -2.21. The number of benzene rings is 1. The van der Waals surface area contributed by atoms with E-state index in [9.17, 15) is 0 Å². The Hall–Kier alpha value is -0.910. The van der Waals surface area contributed by atoms with Crippen molar-refractivity contribution in [2.45, 2.75) is 6.04 Å². The van der Waals surface area contributed by atoms with E-state index >= 15 is 0 Å². The summed E-state index contributed by atoms with van der Waals surface area (Å²) in [7, 11) is 0. The molecule has 0 aliphatic rings. The van der Waals surface area contributed by atoms with Gasteiger partial charge in [-0.3, -0.25) is 4.98 Å². The van der Waals surface area contributed by atoms with Crippen LogP contribution in [0, 0.1) is 0 Å². The lowest BCUT2D eigenvalue weighted by molar-refractivity contribution is 0.783. The number of nitrogens with two attached hydrogens (primary N) is 1. The standard InChI is InChI=1S/C13H13Br2N3/c14-10-5-9(7-17-8-10)13(6-16)18-12-4-2-1-3-11(12)15/h1-5,7-8,13,18H,6,16H2. The Morgan fingerprint density at radius 3 is 2.67 bits per heavy atom. The Labute approximate surface area is 123 Å². The van der Waals surface area contributed by atoms with Crippen molar-refractivity contribution >= 4 is 37.5 Å². The van der Waals surface area contributed by atoms with Crippen LogP contribution in [0.3, 0.4) is 0 Å². The van der Waals surface area contributed by atoms with E-state index in [-0.39, 0.29) is 6.04 Å². The highest BCUT2D eigenvalue weighted by Gasteiger charge is 2.11. The first kappa shape index (κ1) is 13.5. The fourth-order valence-electron chi connectivity index (χ4n) is 1.66. The van der Waals surface area contributed by atoms with Gasteiger partial charge in [-0.1, -0.05) is 12.1 Å². The van der Waals surface area contributed by atoms with Gasteiger partial charge >= 0.3 is 0 Å². The molecular weight excluding hydrogens is 358 g/mol. The van der Waals surface area contributed by atoms with Crippen LogP contribution < -0.4 is 11.1 Å². The topological polar surface area (TPSA) is 50.9 Å². The van der Waals surface area contributed by atoms with Crippen LogP contribution >= 0.6 is 31.9 Å². The predicted molar refractivity (Wildman–Crippen MR) is 81.5 cm³/mol. The number of nitrogens with one attached hydrogen (secondary N) is 1. The van der Waals surface area contributed by atoms with E-state index in [1.807, 2.05) is 36.5 Å². The fourth-order valence-corrected chi connectivity index (χ4v) is 2.44. The number of nitrogens with zero attached hydrogens (tertiary/aromatic N) is 1. The number of hydrogen-bond acceptors (Lipinski definition) is 3. The summed E-state index contributed by atoms with van der Waals surface area (Å²) in [4.78, 5) is 4.16. The molecule has 1 unspecified atom stereocenters. The molecule has 3 nitrogen and oxygen atoms in total. The van der Waals surface area contributed by atoms with Crippen LogP contribution in [0.2, 0.25) is 0 Å². The van der Waals surface area contributed by atoms with E-state index in [1.165, 1.54) is 0 Å². The van der Waals surface area contributed by atoms with E-state index in [0.717, 1.165) is 20.2 Å². The SMILES string of the molecule is NCC(Nc1ccccc1Br)c1cncc(Br)c1. The van der Waals surface area contributed by atoms with Gasteiger partial charge < -0.3 is 11.1 Å². The molecular formula is C13H13Br2N3. The van der Waals surface area contributed by atoms with E-state index in [1.54, 1.807) is 6.20 Å². The molecule has 0 aliphatic carbocycles. The van der Waals surface area contributed by atoms with Gasteiger partial charge in [0.2, 0.25) is 0 Å². The first-order valence-electron chi connectivity index (χ1n) is 5.52. The van der Waals surface area contributed by atoms with Crippen LogP contribution in [-0.4, -0.2) is 11.5 Å². The molecule has 1 aromatic heterocycles. The van der Waals surface area contributed by atoms with Crippen molar-refractivity contribution in [3.05, 3.63) is 57.2 Å². The van der Waals surface area contributed by atoms with Crippen molar-refractivity contribution in [3.8, 4) is 0 Å². The summed E-state index contributed by atoms with van der Waals surface area (Å²) in [6, 6.07) is 10.0. The fraction of sp³-hybridized carbons (Fsp3) is 0.154. The molecule has 1 heterocycles. The number of rotatable bonds is 4. The van der Waals surface area contributed by atoms with Crippen LogP contribution in [0.25, 0.3) is 0 Å². The average molecular weight is 371 g/mol. The molecule has 5 heteroatoms. The molecule has 18 heavy (non-hydrogen) atoms. The number of anilines is 1. The quantitative estimate of drug-likeness (QED) is 0.862. The molecule has 3 N–H and O–H groups in total. The summed E-state index contributed by atoms with van der Waals surface area (Å²) in [5.74, 6) is 0. The maximum absolute atomic E-state index is 5.83. The van der Waals surface area contributed by atoms with E-state index in [0.29, 0.717) is 6.54 Å². The smallest absolute Gasteiger partial charge is 0.0652 e. The van der Waals surface area contributed by atoms with Crippen LogP contribution in [0.1, 0.15) is 11.6 Å². The van der Waals surface area contributed by atoms with Gasteiger partial charge in [-0.15, -0.1) is 0 Å². The third-order valence-corrected chi connectivity index (χ3v) is 3.69. The van der Waals surface area contributed by atoms with Crippen molar-refractivity contribution in [3.63, 3.8) is 0 Å². The van der Waals surface area contributed by atoms with Crippen molar-refractivity contribution in [2.75, 3.05) is 11.9 Å². The Balaban J connectivity index is 2.23. The molecule has 0 saturated heterocycles. The number of aromatic nitrogens is 1. The summed E-state index contributed by atoms with van der Waals surface area (Å²) in [6.45, 7) is 0.499. The zero-order valence-corrected chi connectivity index (χ0v) is 12.8. The van der Waals surface area contributed by atoms with E-state index < -0.39 is 0 Å². The van der Waals surface area contributed by atoms with Crippen LogP contribution in [0.4, 0.5) is 5.69 Å². The second kappa shape index (κ2) is 6.31. The maximum Gasteiger partial charge on any atom is 0.0652 e. The second-order valence-corrected chi connectivity index (χ2v) is 5.62. The van der Waals surface area contributed by atoms with Crippen LogP contribution in [0.5, 0.6) is 0 Å². The van der Waals surface area contributed by atoms with Crippen molar-refractivity contribution < 1.29 is 0 Å². The highest BCUT2D eigenvalue weighted by molar-refractivity contribution is 9.10. The minimum Gasteiger partial charge on any atom is -0.376 e. The van der Waals surface area contributed by atoms with Gasteiger partial charge in [-0.25, -0.2) is 0 Å². The minimum absolute atomic E-state index is 0.0358. The van der Waals surface area contributed by atoms with Gasteiger partial charge in [0.05, 0.1) is 6.04 Å². The first-order chi connectivity index (χ1) is 8.70. The van der Waals surface area contributed by atoms with Gasteiger partial charge in [0.25, 0.3) is 0 Å². The molecule has 2 rings (SSSR count). The van der Waals surface area contributed by atoms with E-state index in [2.05, 4.69) is 42.2 Å². The number of hydrogen-bond donors (Lipinski definition) is 2. The zero-order chi connectivity index (χ0) is 13.0.